The van der Waals surface area contributed by atoms with Gasteiger partial charge in [0, 0.05) is 44.5 Å². The van der Waals surface area contributed by atoms with Gasteiger partial charge in [-0.25, -0.2) is 9.49 Å². The number of aliphatic hydroxyl groups excluding tert-OH is 2. The highest BCUT2D eigenvalue weighted by molar-refractivity contribution is 5.95. The number of H-pyrrole nitrogens is 1. The summed E-state index contributed by atoms with van der Waals surface area (Å²) in [6.45, 7) is 1.92. The van der Waals surface area contributed by atoms with Gasteiger partial charge in [0.25, 0.3) is 11.5 Å². The van der Waals surface area contributed by atoms with Gasteiger partial charge < -0.3 is 15.1 Å². The van der Waals surface area contributed by atoms with Gasteiger partial charge in [-0.3, -0.25) is 14.5 Å². The second-order valence-electron chi connectivity index (χ2n) is 7.97. The molecule has 8 nitrogen and oxygen atoms in total. The van der Waals surface area contributed by atoms with E-state index in [0.29, 0.717) is 55.8 Å². The predicted molar refractivity (Wildman–Crippen MR) is 117 cm³/mol. The molecule has 2 heterocycles. The molecule has 1 amide bonds. The Balaban J connectivity index is 1.51. The summed E-state index contributed by atoms with van der Waals surface area (Å²) in [6.07, 6.45) is -0.478. The normalized spacial score (nSPS) is 15.8. The van der Waals surface area contributed by atoms with Crippen LogP contribution in [0.4, 0.5) is 4.39 Å². The van der Waals surface area contributed by atoms with Crippen molar-refractivity contribution in [2.75, 3.05) is 39.3 Å². The summed E-state index contributed by atoms with van der Waals surface area (Å²) < 4.78 is 14.5. The SMILES string of the molecule is O=C(c1cc(Cc2n[nH]c(=O)c3ccccc23)ccc1F)N1CCN(CC(O)CO)CC1. The van der Waals surface area contributed by atoms with Gasteiger partial charge in [-0.2, -0.15) is 5.10 Å². The molecule has 32 heavy (non-hydrogen) atoms. The summed E-state index contributed by atoms with van der Waals surface area (Å²) in [6, 6.07) is 11.6. The molecule has 1 aliphatic heterocycles. The van der Waals surface area contributed by atoms with E-state index in [9.17, 15) is 19.1 Å². The Morgan fingerprint density at radius 1 is 1.12 bits per heavy atom. The van der Waals surface area contributed by atoms with E-state index in [4.69, 9.17) is 5.11 Å². The Morgan fingerprint density at radius 2 is 1.84 bits per heavy atom. The number of carbonyl (C=O) groups excluding carboxylic acids is 1. The number of hydrogen-bond acceptors (Lipinski definition) is 6. The molecular weight excluding hydrogens is 415 g/mol. The first-order chi connectivity index (χ1) is 15.5. The number of amides is 1. The smallest absolute Gasteiger partial charge is 0.272 e. The van der Waals surface area contributed by atoms with Crippen molar-refractivity contribution in [3.05, 3.63) is 75.5 Å². The molecule has 168 valence electrons. The molecule has 0 spiro atoms. The van der Waals surface area contributed by atoms with Crippen LogP contribution in [0.5, 0.6) is 0 Å². The molecule has 0 bridgehead atoms. The minimum atomic E-state index is -0.816. The fraction of sp³-hybridized carbons (Fsp3) is 0.348. The maximum Gasteiger partial charge on any atom is 0.272 e. The molecule has 0 aliphatic carbocycles. The summed E-state index contributed by atoms with van der Waals surface area (Å²) >= 11 is 0. The topological polar surface area (TPSA) is 110 Å². The first-order valence-corrected chi connectivity index (χ1v) is 10.5. The number of β-amino-alcohol motifs (C(OH)–C–C–N with tert-alkyl or cyclic N) is 1. The highest BCUT2D eigenvalue weighted by Crippen LogP contribution is 2.20. The van der Waals surface area contributed by atoms with Crippen molar-refractivity contribution in [2.24, 2.45) is 0 Å². The maximum atomic E-state index is 14.5. The lowest BCUT2D eigenvalue weighted by molar-refractivity contribution is 0.0356. The van der Waals surface area contributed by atoms with Crippen LogP contribution in [0.15, 0.2) is 47.3 Å². The number of benzene rings is 2. The van der Waals surface area contributed by atoms with Crippen LogP contribution in [0.1, 0.15) is 21.6 Å². The number of rotatable bonds is 6. The minimum absolute atomic E-state index is 0.0000677. The standard InChI is InChI=1S/C23H25FN4O4/c24-20-6-5-15(12-21-17-3-1-2-4-18(17)22(31)26-25-21)11-19(20)23(32)28-9-7-27(8-10-28)13-16(30)14-29/h1-6,11,16,29-30H,7-10,12-14H2,(H,26,31). The number of piperazine rings is 1. The van der Waals surface area contributed by atoms with Crippen molar-refractivity contribution < 1.29 is 19.4 Å². The van der Waals surface area contributed by atoms with E-state index in [1.165, 1.54) is 6.07 Å². The van der Waals surface area contributed by atoms with Crippen LogP contribution in [0.25, 0.3) is 10.8 Å². The van der Waals surface area contributed by atoms with Crippen molar-refractivity contribution in [2.45, 2.75) is 12.5 Å². The average Bonchev–Trinajstić information content (AvgIpc) is 2.82. The molecule has 0 radical (unpaired) electrons. The van der Waals surface area contributed by atoms with Gasteiger partial charge in [0.2, 0.25) is 0 Å². The molecule has 1 aromatic heterocycles. The van der Waals surface area contributed by atoms with Crippen LogP contribution in [0.3, 0.4) is 0 Å². The van der Waals surface area contributed by atoms with E-state index < -0.39 is 11.9 Å². The number of carbonyl (C=O) groups is 1. The van der Waals surface area contributed by atoms with Gasteiger partial charge in [0.15, 0.2) is 0 Å². The lowest BCUT2D eigenvalue weighted by atomic mass is 10.0. The Labute approximate surface area is 183 Å². The number of nitrogens with zero attached hydrogens (tertiary/aromatic N) is 3. The molecule has 3 N–H and O–H groups in total. The van der Waals surface area contributed by atoms with Crippen LogP contribution in [-0.4, -0.2) is 81.6 Å². The third kappa shape index (κ3) is 4.69. The number of aromatic nitrogens is 2. The second kappa shape index (κ2) is 9.56. The fourth-order valence-corrected chi connectivity index (χ4v) is 4.01. The van der Waals surface area contributed by atoms with Crippen molar-refractivity contribution in [1.29, 1.82) is 0 Å². The van der Waals surface area contributed by atoms with Crippen LogP contribution < -0.4 is 5.56 Å². The zero-order valence-corrected chi connectivity index (χ0v) is 17.5. The Morgan fingerprint density at radius 3 is 2.56 bits per heavy atom. The quantitative estimate of drug-likeness (QED) is 0.522. The summed E-state index contributed by atoms with van der Waals surface area (Å²) in [7, 11) is 0. The third-order valence-electron chi connectivity index (χ3n) is 5.75. The monoisotopic (exact) mass is 440 g/mol. The van der Waals surface area contributed by atoms with E-state index in [2.05, 4.69) is 10.2 Å². The van der Waals surface area contributed by atoms with Crippen LogP contribution >= 0.6 is 0 Å². The zero-order valence-electron chi connectivity index (χ0n) is 17.5. The summed E-state index contributed by atoms with van der Waals surface area (Å²) in [5, 5.41) is 26.5. The summed E-state index contributed by atoms with van der Waals surface area (Å²) in [5.41, 5.74) is 1.08. The highest BCUT2D eigenvalue weighted by Gasteiger charge is 2.25. The van der Waals surface area contributed by atoms with Crippen molar-refractivity contribution in [3.8, 4) is 0 Å². The Hall–Kier alpha value is -3.14. The number of halogens is 1. The zero-order chi connectivity index (χ0) is 22.7. The van der Waals surface area contributed by atoms with E-state index >= 15 is 0 Å². The molecule has 1 fully saturated rings. The van der Waals surface area contributed by atoms with Crippen LogP contribution in [0.2, 0.25) is 0 Å². The number of fused-ring (bicyclic) bond motifs is 1. The molecule has 0 saturated carbocycles. The largest absolute Gasteiger partial charge is 0.394 e. The summed E-state index contributed by atoms with van der Waals surface area (Å²) in [4.78, 5) is 28.5. The molecule has 1 atom stereocenters. The third-order valence-corrected chi connectivity index (χ3v) is 5.75. The average molecular weight is 440 g/mol. The number of hydrogen-bond donors (Lipinski definition) is 3. The van der Waals surface area contributed by atoms with E-state index in [1.807, 2.05) is 17.0 Å². The second-order valence-corrected chi connectivity index (χ2v) is 7.97. The molecular formula is C23H25FN4O4. The summed E-state index contributed by atoms with van der Waals surface area (Å²) in [5.74, 6) is -0.970. The molecule has 4 rings (SSSR count). The lowest BCUT2D eigenvalue weighted by Gasteiger charge is -2.35. The molecule has 1 saturated heterocycles. The molecule has 2 aromatic carbocycles. The van der Waals surface area contributed by atoms with Crippen molar-refractivity contribution in [1.82, 2.24) is 20.0 Å². The van der Waals surface area contributed by atoms with Gasteiger partial charge in [0.05, 0.1) is 29.4 Å². The first kappa shape index (κ1) is 22.1. The molecule has 1 unspecified atom stereocenters. The maximum absolute atomic E-state index is 14.5. The highest BCUT2D eigenvalue weighted by atomic mass is 19.1. The lowest BCUT2D eigenvalue weighted by Crippen LogP contribution is -2.50. The van der Waals surface area contributed by atoms with Crippen LogP contribution in [0, 0.1) is 5.82 Å². The van der Waals surface area contributed by atoms with Gasteiger partial charge in [-0.15, -0.1) is 0 Å². The van der Waals surface area contributed by atoms with Gasteiger partial charge in [-0.1, -0.05) is 24.3 Å². The van der Waals surface area contributed by atoms with Gasteiger partial charge in [0.1, 0.15) is 5.82 Å². The Kier molecular flexibility index (Phi) is 6.59. The van der Waals surface area contributed by atoms with E-state index in [1.54, 1.807) is 29.2 Å². The van der Waals surface area contributed by atoms with Gasteiger partial charge >= 0.3 is 0 Å². The molecule has 9 heteroatoms. The molecule has 3 aromatic rings. The number of aliphatic hydroxyl groups is 2. The van der Waals surface area contributed by atoms with E-state index in [-0.39, 0.29) is 23.6 Å². The van der Waals surface area contributed by atoms with Crippen molar-refractivity contribution >= 4 is 16.7 Å². The van der Waals surface area contributed by atoms with Crippen LogP contribution in [-0.2, 0) is 6.42 Å². The number of nitrogens with one attached hydrogen (secondary N) is 1. The Bertz CT molecular complexity index is 1170. The van der Waals surface area contributed by atoms with E-state index in [0.717, 1.165) is 5.39 Å². The van der Waals surface area contributed by atoms with Crippen molar-refractivity contribution in [3.63, 3.8) is 0 Å². The van der Waals surface area contributed by atoms with Gasteiger partial charge in [-0.05, 0) is 23.8 Å². The predicted octanol–water partition coefficient (Wildman–Crippen LogP) is 0.764. The fourth-order valence-electron chi connectivity index (χ4n) is 4.01. The number of aromatic amines is 1. The first-order valence-electron chi connectivity index (χ1n) is 10.5. The molecule has 1 aliphatic rings. The minimum Gasteiger partial charge on any atom is -0.394 e.